The predicted octanol–water partition coefficient (Wildman–Crippen LogP) is 2.29. The standard InChI is InChI=1S/C17H19ClN2O5/c1-20(8-4-7-19)15(21)11-25-16(22)6-5-12-9-13(18)17(24-3)14(10-12)23-2/h5-6,9-10H,4,8,11H2,1-3H3/b6-5+. The number of benzene rings is 1. The van der Waals surface area contributed by atoms with Gasteiger partial charge in [-0.1, -0.05) is 11.6 Å². The van der Waals surface area contributed by atoms with Gasteiger partial charge in [0.1, 0.15) is 0 Å². The van der Waals surface area contributed by atoms with Crippen LogP contribution in [-0.2, 0) is 14.3 Å². The zero-order valence-corrected chi connectivity index (χ0v) is 15.0. The molecule has 1 amide bonds. The Labute approximate surface area is 151 Å². The zero-order chi connectivity index (χ0) is 18.8. The molecule has 134 valence electrons. The van der Waals surface area contributed by atoms with E-state index < -0.39 is 12.6 Å². The molecule has 0 atom stereocenters. The highest BCUT2D eigenvalue weighted by Crippen LogP contribution is 2.36. The molecule has 1 aromatic rings. The van der Waals surface area contributed by atoms with Gasteiger partial charge in [-0.25, -0.2) is 4.79 Å². The van der Waals surface area contributed by atoms with Crippen molar-refractivity contribution < 1.29 is 23.8 Å². The Hall–Kier alpha value is -2.72. The Balaban J connectivity index is 2.64. The number of methoxy groups -OCH3 is 2. The average molecular weight is 367 g/mol. The summed E-state index contributed by atoms with van der Waals surface area (Å²) in [5.74, 6) is -0.230. The Morgan fingerprint density at radius 3 is 2.64 bits per heavy atom. The summed E-state index contributed by atoms with van der Waals surface area (Å²) in [6.45, 7) is -0.106. The predicted molar refractivity (Wildman–Crippen MR) is 92.4 cm³/mol. The molecule has 25 heavy (non-hydrogen) atoms. The second-order valence-corrected chi connectivity index (χ2v) is 5.31. The van der Waals surface area contributed by atoms with Gasteiger partial charge in [0.2, 0.25) is 0 Å². The molecule has 0 spiro atoms. The molecule has 0 aliphatic rings. The van der Waals surface area contributed by atoms with Crippen LogP contribution in [0.5, 0.6) is 11.5 Å². The van der Waals surface area contributed by atoms with Crippen molar-refractivity contribution in [2.75, 3.05) is 34.4 Å². The Kier molecular flexibility index (Phi) is 8.30. The van der Waals surface area contributed by atoms with Crippen LogP contribution in [0, 0.1) is 11.3 Å². The van der Waals surface area contributed by atoms with Gasteiger partial charge < -0.3 is 19.1 Å². The first-order valence-electron chi connectivity index (χ1n) is 7.30. The molecule has 0 saturated carbocycles. The van der Waals surface area contributed by atoms with E-state index in [4.69, 9.17) is 31.1 Å². The van der Waals surface area contributed by atoms with Crippen LogP contribution in [-0.4, -0.2) is 51.2 Å². The molecule has 1 aromatic carbocycles. The molecule has 0 aliphatic heterocycles. The van der Waals surface area contributed by atoms with E-state index in [0.717, 1.165) is 0 Å². The maximum absolute atomic E-state index is 11.7. The zero-order valence-electron chi connectivity index (χ0n) is 14.2. The maximum Gasteiger partial charge on any atom is 0.331 e. The van der Waals surface area contributed by atoms with Crippen LogP contribution in [0.15, 0.2) is 18.2 Å². The Morgan fingerprint density at radius 1 is 1.32 bits per heavy atom. The highest BCUT2D eigenvalue weighted by molar-refractivity contribution is 6.32. The first kappa shape index (κ1) is 20.3. The molecule has 1 rings (SSSR count). The van der Waals surface area contributed by atoms with Crippen molar-refractivity contribution in [2.24, 2.45) is 0 Å². The van der Waals surface area contributed by atoms with Crippen molar-refractivity contribution in [3.05, 3.63) is 28.8 Å². The maximum atomic E-state index is 11.7. The molecule has 0 N–H and O–H groups in total. The van der Waals surface area contributed by atoms with Crippen LogP contribution < -0.4 is 9.47 Å². The van der Waals surface area contributed by atoms with Crippen LogP contribution in [0.3, 0.4) is 0 Å². The van der Waals surface area contributed by atoms with Crippen LogP contribution in [0.1, 0.15) is 12.0 Å². The van der Waals surface area contributed by atoms with E-state index in [9.17, 15) is 9.59 Å². The van der Waals surface area contributed by atoms with Crippen LogP contribution in [0.25, 0.3) is 6.08 Å². The number of hydrogen-bond donors (Lipinski definition) is 0. The summed E-state index contributed by atoms with van der Waals surface area (Å²) in [7, 11) is 4.49. The van der Waals surface area contributed by atoms with Crippen molar-refractivity contribution in [1.29, 1.82) is 5.26 Å². The molecule has 0 aliphatic carbocycles. The van der Waals surface area contributed by atoms with E-state index in [-0.39, 0.29) is 18.9 Å². The number of nitrogens with zero attached hydrogens (tertiary/aromatic N) is 2. The van der Waals surface area contributed by atoms with E-state index in [0.29, 0.717) is 22.1 Å². The smallest absolute Gasteiger partial charge is 0.331 e. The van der Waals surface area contributed by atoms with Crippen molar-refractivity contribution in [1.82, 2.24) is 4.90 Å². The number of carbonyl (C=O) groups excluding carboxylic acids is 2. The summed E-state index contributed by atoms with van der Waals surface area (Å²) in [5.41, 5.74) is 0.608. The summed E-state index contributed by atoms with van der Waals surface area (Å²) in [5, 5.41) is 8.81. The average Bonchev–Trinajstić information content (AvgIpc) is 2.61. The molecule has 7 nitrogen and oxygen atoms in total. The van der Waals surface area contributed by atoms with Crippen molar-refractivity contribution in [3.8, 4) is 17.6 Å². The molecule has 0 saturated heterocycles. The number of halogens is 1. The Morgan fingerprint density at radius 2 is 2.04 bits per heavy atom. The molecular formula is C17H19ClN2O5. The topological polar surface area (TPSA) is 88.9 Å². The van der Waals surface area contributed by atoms with Crippen molar-refractivity contribution in [2.45, 2.75) is 6.42 Å². The number of carbonyl (C=O) groups is 2. The van der Waals surface area contributed by atoms with Gasteiger partial charge in [-0.15, -0.1) is 0 Å². The molecule has 8 heteroatoms. The fourth-order valence-corrected chi connectivity index (χ4v) is 2.13. The van der Waals surface area contributed by atoms with Crippen molar-refractivity contribution >= 4 is 29.6 Å². The second kappa shape index (κ2) is 10.2. The highest BCUT2D eigenvalue weighted by Gasteiger charge is 2.12. The van der Waals surface area contributed by atoms with Gasteiger partial charge in [0, 0.05) is 19.7 Å². The van der Waals surface area contributed by atoms with Gasteiger partial charge in [-0.2, -0.15) is 5.26 Å². The van der Waals surface area contributed by atoms with Gasteiger partial charge in [-0.05, 0) is 23.8 Å². The molecular weight excluding hydrogens is 348 g/mol. The van der Waals surface area contributed by atoms with E-state index in [1.165, 1.54) is 38.3 Å². The minimum absolute atomic E-state index is 0.218. The summed E-state index contributed by atoms with van der Waals surface area (Å²) in [6, 6.07) is 5.19. The molecule has 0 radical (unpaired) electrons. The fraction of sp³-hybridized carbons (Fsp3) is 0.353. The number of esters is 1. The third kappa shape index (κ3) is 6.36. The van der Waals surface area contributed by atoms with Crippen LogP contribution >= 0.6 is 11.6 Å². The number of rotatable bonds is 8. The van der Waals surface area contributed by atoms with Crippen molar-refractivity contribution in [3.63, 3.8) is 0 Å². The first-order chi connectivity index (χ1) is 11.9. The third-order valence-corrected chi connectivity index (χ3v) is 3.47. The number of ether oxygens (including phenoxy) is 3. The molecule has 0 aromatic heterocycles. The van der Waals surface area contributed by atoms with E-state index in [1.807, 2.05) is 6.07 Å². The third-order valence-electron chi connectivity index (χ3n) is 3.19. The summed E-state index contributed by atoms with van der Waals surface area (Å²) in [4.78, 5) is 24.7. The number of nitriles is 1. The minimum atomic E-state index is -0.673. The normalized spacial score (nSPS) is 10.2. The number of likely N-dealkylation sites (N-methyl/N-ethyl adjacent to an activating group) is 1. The lowest BCUT2D eigenvalue weighted by molar-refractivity contribution is -0.147. The van der Waals surface area contributed by atoms with E-state index in [2.05, 4.69) is 0 Å². The van der Waals surface area contributed by atoms with E-state index in [1.54, 1.807) is 12.1 Å². The first-order valence-corrected chi connectivity index (χ1v) is 7.68. The molecule has 0 bridgehead atoms. The monoisotopic (exact) mass is 366 g/mol. The Bertz CT molecular complexity index is 697. The SMILES string of the molecule is COc1cc(/C=C/C(=O)OCC(=O)N(C)CCC#N)cc(Cl)c1OC. The lowest BCUT2D eigenvalue weighted by Crippen LogP contribution is -2.31. The molecule has 0 fully saturated rings. The van der Waals surface area contributed by atoms with Gasteiger partial charge >= 0.3 is 5.97 Å². The summed E-state index contributed by atoms with van der Waals surface area (Å²) in [6.07, 6.45) is 2.89. The van der Waals surface area contributed by atoms with Gasteiger partial charge in [0.25, 0.3) is 5.91 Å². The molecule has 0 heterocycles. The highest BCUT2D eigenvalue weighted by atomic mass is 35.5. The largest absolute Gasteiger partial charge is 0.493 e. The van der Waals surface area contributed by atoms with Gasteiger partial charge in [0.15, 0.2) is 18.1 Å². The van der Waals surface area contributed by atoms with Crippen LogP contribution in [0.2, 0.25) is 5.02 Å². The summed E-state index contributed by atoms with van der Waals surface area (Å²) >= 11 is 6.08. The van der Waals surface area contributed by atoms with E-state index >= 15 is 0 Å². The molecule has 0 unspecified atom stereocenters. The summed E-state index contributed by atoms with van der Waals surface area (Å²) < 4.78 is 15.2. The van der Waals surface area contributed by atoms with Gasteiger partial charge in [0.05, 0.1) is 31.7 Å². The lowest BCUT2D eigenvalue weighted by atomic mass is 10.2. The fourth-order valence-electron chi connectivity index (χ4n) is 1.83. The second-order valence-electron chi connectivity index (χ2n) is 4.90. The minimum Gasteiger partial charge on any atom is -0.493 e. The quantitative estimate of drug-likeness (QED) is 0.518. The van der Waals surface area contributed by atoms with Gasteiger partial charge in [-0.3, -0.25) is 4.79 Å². The lowest BCUT2D eigenvalue weighted by Gasteiger charge is -2.14. The number of amides is 1. The number of hydrogen-bond acceptors (Lipinski definition) is 6. The van der Waals surface area contributed by atoms with Crippen LogP contribution in [0.4, 0.5) is 0 Å².